The average Bonchev–Trinajstić information content (AvgIpc) is 2.50. The van der Waals surface area contributed by atoms with Crippen molar-refractivity contribution in [2.75, 3.05) is 17.6 Å². The van der Waals surface area contributed by atoms with E-state index in [4.69, 9.17) is 5.73 Å². The van der Waals surface area contributed by atoms with E-state index in [1.165, 1.54) is 19.3 Å². The van der Waals surface area contributed by atoms with E-state index in [1.54, 1.807) is 0 Å². The van der Waals surface area contributed by atoms with Gasteiger partial charge in [-0.25, -0.2) is 0 Å². The van der Waals surface area contributed by atoms with Crippen molar-refractivity contribution < 1.29 is 4.79 Å². The molecule has 0 spiro atoms. The van der Waals surface area contributed by atoms with Gasteiger partial charge in [-0.3, -0.25) is 9.69 Å². The number of benzene rings is 1. The highest BCUT2D eigenvalue weighted by Crippen LogP contribution is 2.23. The van der Waals surface area contributed by atoms with E-state index < -0.39 is 0 Å². The summed E-state index contributed by atoms with van der Waals surface area (Å²) in [5, 5.41) is 3.03. The average molecular weight is 289 g/mol. The molecule has 1 aromatic carbocycles. The lowest BCUT2D eigenvalue weighted by Gasteiger charge is -2.38. The van der Waals surface area contributed by atoms with Crippen LogP contribution >= 0.6 is 0 Å². The molecular weight excluding hydrogens is 262 g/mol. The minimum absolute atomic E-state index is 0.0593. The zero-order valence-electron chi connectivity index (χ0n) is 13.4. The van der Waals surface area contributed by atoms with Crippen molar-refractivity contribution in [1.29, 1.82) is 0 Å². The Balaban J connectivity index is 2.06. The van der Waals surface area contributed by atoms with Crippen molar-refractivity contribution in [3.63, 3.8) is 0 Å². The van der Waals surface area contributed by atoms with Gasteiger partial charge in [0.15, 0.2) is 0 Å². The Morgan fingerprint density at radius 2 is 2.24 bits per heavy atom. The number of nitrogens with zero attached hydrogens (tertiary/aromatic N) is 1. The van der Waals surface area contributed by atoms with Crippen molar-refractivity contribution in [3.8, 4) is 0 Å². The molecule has 0 aliphatic carbocycles. The molecule has 2 atom stereocenters. The topological polar surface area (TPSA) is 58.4 Å². The van der Waals surface area contributed by atoms with E-state index in [1.807, 2.05) is 32.0 Å². The maximum Gasteiger partial charge on any atom is 0.241 e. The lowest BCUT2D eigenvalue weighted by Crippen LogP contribution is -2.49. The van der Waals surface area contributed by atoms with Crippen LogP contribution in [-0.2, 0) is 4.79 Å². The van der Waals surface area contributed by atoms with Gasteiger partial charge in [0.05, 0.1) is 6.04 Å². The number of nitrogen functional groups attached to an aromatic ring is 1. The van der Waals surface area contributed by atoms with Crippen molar-refractivity contribution in [1.82, 2.24) is 4.90 Å². The Morgan fingerprint density at radius 1 is 1.48 bits per heavy atom. The standard InChI is InChI=1S/C17H27N3O/c1-4-15-7-5-6-10-20(15)13(3)17(21)19-16-11-14(18)9-8-12(16)2/h8-9,11,13,15H,4-7,10,18H2,1-3H3,(H,19,21). The molecule has 0 aromatic heterocycles. The van der Waals surface area contributed by atoms with E-state index in [-0.39, 0.29) is 11.9 Å². The summed E-state index contributed by atoms with van der Waals surface area (Å²) in [6.45, 7) is 7.21. The Hall–Kier alpha value is -1.55. The molecule has 1 aliphatic rings. The first kappa shape index (κ1) is 15.8. The fourth-order valence-electron chi connectivity index (χ4n) is 3.13. The number of hydrogen-bond donors (Lipinski definition) is 2. The summed E-state index contributed by atoms with van der Waals surface area (Å²) >= 11 is 0. The number of carbonyl (C=O) groups excluding carboxylic acids is 1. The summed E-state index contributed by atoms with van der Waals surface area (Å²) in [4.78, 5) is 14.9. The smallest absolute Gasteiger partial charge is 0.241 e. The Morgan fingerprint density at radius 3 is 2.95 bits per heavy atom. The minimum atomic E-state index is -0.101. The second kappa shape index (κ2) is 6.94. The highest BCUT2D eigenvalue weighted by Gasteiger charge is 2.29. The van der Waals surface area contributed by atoms with Gasteiger partial charge >= 0.3 is 0 Å². The number of carbonyl (C=O) groups is 1. The predicted octanol–water partition coefficient (Wildman–Crippen LogP) is 3.17. The molecule has 1 heterocycles. The molecule has 0 saturated carbocycles. The lowest BCUT2D eigenvalue weighted by atomic mass is 9.98. The van der Waals surface area contributed by atoms with Crippen molar-refractivity contribution in [2.45, 2.75) is 58.5 Å². The highest BCUT2D eigenvalue weighted by atomic mass is 16.2. The normalized spacial score (nSPS) is 21.0. The Kier molecular flexibility index (Phi) is 5.23. The molecule has 0 radical (unpaired) electrons. The minimum Gasteiger partial charge on any atom is -0.399 e. The molecule has 1 saturated heterocycles. The Labute approximate surface area is 127 Å². The van der Waals surface area contributed by atoms with Crippen LogP contribution in [0.4, 0.5) is 11.4 Å². The second-order valence-corrected chi connectivity index (χ2v) is 6.04. The van der Waals surface area contributed by atoms with Crippen LogP contribution in [0.15, 0.2) is 18.2 Å². The van der Waals surface area contributed by atoms with Gasteiger partial charge in [-0.1, -0.05) is 19.4 Å². The molecule has 116 valence electrons. The van der Waals surface area contributed by atoms with Crippen LogP contribution in [0.3, 0.4) is 0 Å². The van der Waals surface area contributed by atoms with Crippen LogP contribution in [0.1, 0.15) is 45.1 Å². The number of nitrogens with one attached hydrogen (secondary N) is 1. The van der Waals surface area contributed by atoms with Gasteiger partial charge < -0.3 is 11.1 Å². The van der Waals surface area contributed by atoms with Crippen LogP contribution in [-0.4, -0.2) is 29.4 Å². The number of anilines is 2. The monoisotopic (exact) mass is 289 g/mol. The van der Waals surface area contributed by atoms with Gasteiger partial charge in [0.1, 0.15) is 0 Å². The maximum absolute atomic E-state index is 12.5. The molecule has 0 bridgehead atoms. The molecule has 3 N–H and O–H groups in total. The molecule has 21 heavy (non-hydrogen) atoms. The molecular formula is C17H27N3O. The van der Waals surface area contributed by atoms with Crippen LogP contribution in [0, 0.1) is 6.92 Å². The number of aryl methyl sites for hydroxylation is 1. The maximum atomic E-state index is 12.5. The van der Waals surface area contributed by atoms with Crippen LogP contribution in [0.25, 0.3) is 0 Å². The third kappa shape index (κ3) is 3.76. The fourth-order valence-corrected chi connectivity index (χ4v) is 3.13. The third-order valence-electron chi connectivity index (χ3n) is 4.54. The van der Waals surface area contributed by atoms with Gasteiger partial charge in [-0.15, -0.1) is 0 Å². The molecule has 2 rings (SSSR count). The van der Waals surface area contributed by atoms with E-state index in [0.29, 0.717) is 11.7 Å². The summed E-state index contributed by atoms with van der Waals surface area (Å²) in [6, 6.07) is 6.04. The summed E-state index contributed by atoms with van der Waals surface area (Å²) < 4.78 is 0. The summed E-state index contributed by atoms with van der Waals surface area (Å²) in [5.41, 5.74) is 8.33. The van der Waals surface area contributed by atoms with E-state index in [2.05, 4.69) is 17.1 Å². The van der Waals surface area contributed by atoms with Crippen molar-refractivity contribution in [2.24, 2.45) is 0 Å². The van der Waals surface area contributed by atoms with Crippen LogP contribution in [0.2, 0.25) is 0 Å². The molecule has 1 amide bonds. The SMILES string of the molecule is CCC1CCCCN1C(C)C(=O)Nc1cc(N)ccc1C. The summed E-state index contributed by atoms with van der Waals surface area (Å²) in [7, 11) is 0. The number of nitrogens with two attached hydrogens (primary N) is 1. The summed E-state index contributed by atoms with van der Waals surface area (Å²) in [5.74, 6) is 0.0593. The van der Waals surface area contributed by atoms with Crippen LogP contribution in [0.5, 0.6) is 0 Å². The summed E-state index contributed by atoms with van der Waals surface area (Å²) in [6.07, 6.45) is 4.77. The second-order valence-electron chi connectivity index (χ2n) is 6.04. The first-order chi connectivity index (χ1) is 10.0. The molecule has 2 unspecified atom stereocenters. The fraction of sp³-hybridized carbons (Fsp3) is 0.588. The van der Waals surface area contributed by atoms with E-state index in [0.717, 1.165) is 24.2 Å². The largest absolute Gasteiger partial charge is 0.399 e. The quantitative estimate of drug-likeness (QED) is 0.837. The van der Waals surface area contributed by atoms with Gasteiger partial charge in [-0.05, 0) is 57.4 Å². The molecule has 1 aliphatic heterocycles. The van der Waals surface area contributed by atoms with Gasteiger partial charge in [0.25, 0.3) is 0 Å². The number of hydrogen-bond acceptors (Lipinski definition) is 3. The molecule has 1 fully saturated rings. The van der Waals surface area contributed by atoms with E-state index in [9.17, 15) is 4.79 Å². The number of rotatable bonds is 4. The lowest BCUT2D eigenvalue weighted by molar-refractivity contribution is -0.122. The highest BCUT2D eigenvalue weighted by molar-refractivity contribution is 5.95. The van der Waals surface area contributed by atoms with E-state index >= 15 is 0 Å². The number of amides is 1. The first-order valence-electron chi connectivity index (χ1n) is 7.95. The predicted molar refractivity (Wildman–Crippen MR) is 88.3 cm³/mol. The third-order valence-corrected chi connectivity index (χ3v) is 4.54. The first-order valence-corrected chi connectivity index (χ1v) is 7.95. The van der Waals surface area contributed by atoms with Gasteiger partial charge in [0.2, 0.25) is 5.91 Å². The molecule has 4 heteroatoms. The van der Waals surface area contributed by atoms with Gasteiger partial charge in [-0.2, -0.15) is 0 Å². The molecule has 4 nitrogen and oxygen atoms in total. The van der Waals surface area contributed by atoms with Gasteiger partial charge in [0, 0.05) is 17.4 Å². The number of piperidine rings is 1. The zero-order valence-corrected chi connectivity index (χ0v) is 13.4. The number of likely N-dealkylation sites (tertiary alicyclic amines) is 1. The van der Waals surface area contributed by atoms with Crippen molar-refractivity contribution in [3.05, 3.63) is 23.8 Å². The Bertz CT molecular complexity index is 501. The molecule has 1 aromatic rings. The zero-order chi connectivity index (χ0) is 15.4. The van der Waals surface area contributed by atoms with Crippen LogP contribution < -0.4 is 11.1 Å². The van der Waals surface area contributed by atoms with Crippen molar-refractivity contribution >= 4 is 17.3 Å².